The molecule has 0 spiro atoms. The standard InChI is InChI=1S/C23H23NO4/c1-17-8-13-21(28-17)15-24(2)22(25)16-27-23(26)14-18-9-11-20(12-10-18)19-6-4-3-5-7-19/h3-13H,14-16H2,1-2H3. The van der Waals surface area contributed by atoms with E-state index < -0.39 is 5.97 Å². The Hall–Kier alpha value is -3.34. The average Bonchev–Trinajstić information content (AvgIpc) is 3.12. The molecule has 1 heterocycles. The van der Waals surface area contributed by atoms with E-state index in [1.165, 1.54) is 4.90 Å². The minimum Gasteiger partial charge on any atom is -0.464 e. The van der Waals surface area contributed by atoms with Crippen LogP contribution in [0, 0.1) is 6.92 Å². The van der Waals surface area contributed by atoms with Crippen molar-refractivity contribution < 1.29 is 18.7 Å². The number of hydrogen-bond acceptors (Lipinski definition) is 4. The summed E-state index contributed by atoms with van der Waals surface area (Å²) in [5, 5.41) is 0. The van der Waals surface area contributed by atoms with Crippen molar-refractivity contribution in [3.05, 3.63) is 83.8 Å². The first kappa shape index (κ1) is 19.4. The molecular weight excluding hydrogens is 354 g/mol. The van der Waals surface area contributed by atoms with Crippen molar-refractivity contribution in [2.24, 2.45) is 0 Å². The number of furan rings is 1. The Kier molecular flexibility index (Phi) is 6.27. The van der Waals surface area contributed by atoms with E-state index in [1.54, 1.807) is 7.05 Å². The van der Waals surface area contributed by atoms with Crippen molar-refractivity contribution in [1.82, 2.24) is 4.90 Å². The van der Waals surface area contributed by atoms with Crippen molar-refractivity contribution in [1.29, 1.82) is 0 Å². The number of amides is 1. The topological polar surface area (TPSA) is 59.8 Å². The van der Waals surface area contributed by atoms with E-state index >= 15 is 0 Å². The van der Waals surface area contributed by atoms with Crippen molar-refractivity contribution in [2.45, 2.75) is 19.9 Å². The highest BCUT2D eigenvalue weighted by molar-refractivity contribution is 5.81. The molecule has 0 bridgehead atoms. The number of nitrogens with zero attached hydrogens (tertiary/aromatic N) is 1. The monoisotopic (exact) mass is 377 g/mol. The Morgan fingerprint density at radius 2 is 1.61 bits per heavy atom. The SMILES string of the molecule is Cc1ccc(CN(C)C(=O)COC(=O)Cc2ccc(-c3ccccc3)cc2)o1. The molecule has 0 aliphatic carbocycles. The van der Waals surface area contributed by atoms with Gasteiger partial charge >= 0.3 is 5.97 Å². The molecule has 1 amide bonds. The number of esters is 1. The number of carbonyl (C=O) groups excluding carboxylic acids is 2. The number of rotatable bonds is 7. The molecule has 144 valence electrons. The maximum absolute atomic E-state index is 12.1. The van der Waals surface area contributed by atoms with E-state index in [2.05, 4.69) is 0 Å². The molecule has 0 atom stereocenters. The van der Waals surface area contributed by atoms with Gasteiger partial charge in [0.25, 0.3) is 5.91 Å². The quantitative estimate of drug-likeness (QED) is 0.584. The molecule has 3 rings (SSSR count). The number of ether oxygens (including phenoxy) is 1. The van der Waals surface area contributed by atoms with Crippen molar-refractivity contribution in [2.75, 3.05) is 13.7 Å². The first-order valence-corrected chi connectivity index (χ1v) is 9.10. The zero-order valence-corrected chi connectivity index (χ0v) is 16.1. The fourth-order valence-corrected chi connectivity index (χ4v) is 2.81. The molecule has 0 unspecified atom stereocenters. The molecule has 0 radical (unpaired) electrons. The second-order valence-corrected chi connectivity index (χ2v) is 6.66. The number of hydrogen-bond donors (Lipinski definition) is 0. The van der Waals surface area contributed by atoms with Gasteiger partial charge in [-0.05, 0) is 35.7 Å². The lowest BCUT2D eigenvalue weighted by atomic mass is 10.0. The second-order valence-electron chi connectivity index (χ2n) is 6.66. The van der Waals surface area contributed by atoms with Gasteiger partial charge in [-0.25, -0.2) is 0 Å². The summed E-state index contributed by atoms with van der Waals surface area (Å²) in [6, 6.07) is 21.4. The molecular formula is C23H23NO4. The molecule has 0 N–H and O–H groups in total. The Bertz CT molecular complexity index is 929. The van der Waals surface area contributed by atoms with Gasteiger partial charge in [-0.15, -0.1) is 0 Å². The van der Waals surface area contributed by atoms with Gasteiger partial charge in [0.1, 0.15) is 11.5 Å². The fourth-order valence-electron chi connectivity index (χ4n) is 2.81. The minimum atomic E-state index is -0.428. The van der Waals surface area contributed by atoms with Crippen LogP contribution >= 0.6 is 0 Å². The molecule has 5 nitrogen and oxygen atoms in total. The lowest BCUT2D eigenvalue weighted by molar-refractivity contribution is -0.151. The number of benzene rings is 2. The lowest BCUT2D eigenvalue weighted by Gasteiger charge is -2.15. The van der Waals surface area contributed by atoms with Crippen LogP contribution < -0.4 is 0 Å². The zero-order valence-electron chi connectivity index (χ0n) is 16.1. The van der Waals surface area contributed by atoms with Crippen LogP contribution in [0.2, 0.25) is 0 Å². The van der Waals surface area contributed by atoms with Gasteiger partial charge in [0.15, 0.2) is 6.61 Å². The molecule has 5 heteroatoms. The van der Waals surface area contributed by atoms with Crippen molar-refractivity contribution in [3.8, 4) is 11.1 Å². The molecule has 28 heavy (non-hydrogen) atoms. The van der Waals surface area contributed by atoms with Gasteiger partial charge < -0.3 is 14.1 Å². The molecule has 1 aromatic heterocycles. The van der Waals surface area contributed by atoms with Crippen LogP contribution in [-0.4, -0.2) is 30.4 Å². The smallest absolute Gasteiger partial charge is 0.310 e. The summed E-state index contributed by atoms with van der Waals surface area (Å²) in [7, 11) is 1.65. The van der Waals surface area contributed by atoms with E-state index in [1.807, 2.05) is 73.7 Å². The fraction of sp³-hybridized carbons (Fsp3) is 0.217. The zero-order chi connectivity index (χ0) is 19.9. The number of aryl methyl sites for hydroxylation is 1. The lowest BCUT2D eigenvalue weighted by Crippen LogP contribution is -2.30. The van der Waals surface area contributed by atoms with E-state index in [0.29, 0.717) is 12.3 Å². The van der Waals surface area contributed by atoms with Crippen LogP contribution in [0.15, 0.2) is 71.1 Å². The van der Waals surface area contributed by atoms with Crippen molar-refractivity contribution in [3.63, 3.8) is 0 Å². The summed E-state index contributed by atoms with van der Waals surface area (Å²) in [6.45, 7) is 1.90. The maximum Gasteiger partial charge on any atom is 0.310 e. The van der Waals surface area contributed by atoms with Crippen LogP contribution in [0.4, 0.5) is 0 Å². The largest absolute Gasteiger partial charge is 0.464 e. The number of carbonyl (C=O) groups is 2. The molecule has 2 aromatic carbocycles. The van der Waals surface area contributed by atoms with Crippen molar-refractivity contribution >= 4 is 11.9 Å². The first-order valence-electron chi connectivity index (χ1n) is 9.10. The highest BCUT2D eigenvalue weighted by atomic mass is 16.5. The minimum absolute atomic E-state index is 0.128. The van der Waals surface area contributed by atoms with Gasteiger partial charge in [0.2, 0.25) is 0 Å². The van der Waals surface area contributed by atoms with E-state index in [-0.39, 0.29) is 18.9 Å². The average molecular weight is 377 g/mol. The molecule has 3 aromatic rings. The van der Waals surface area contributed by atoms with Gasteiger partial charge in [-0.3, -0.25) is 9.59 Å². The van der Waals surface area contributed by atoms with Gasteiger partial charge in [-0.2, -0.15) is 0 Å². The Morgan fingerprint density at radius 1 is 0.929 bits per heavy atom. The predicted molar refractivity (Wildman–Crippen MR) is 106 cm³/mol. The third-order valence-corrected chi connectivity index (χ3v) is 4.38. The second kappa shape index (κ2) is 9.04. The van der Waals surface area contributed by atoms with Crippen LogP contribution in [0.3, 0.4) is 0 Å². The third-order valence-electron chi connectivity index (χ3n) is 4.38. The van der Waals surface area contributed by atoms with Gasteiger partial charge in [0, 0.05) is 7.05 Å². The Balaban J connectivity index is 1.46. The number of likely N-dealkylation sites (N-methyl/N-ethyl adjacent to an activating group) is 1. The Labute approximate surface area is 164 Å². The summed E-state index contributed by atoms with van der Waals surface area (Å²) in [4.78, 5) is 25.6. The molecule has 0 fully saturated rings. The summed E-state index contributed by atoms with van der Waals surface area (Å²) in [6.07, 6.45) is 0.128. The Morgan fingerprint density at radius 3 is 2.25 bits per heavy atom. The highest BCUT2D eigenvalue weighted by Crippen LogP contribution is 2.19. The van der Waals surface area contributed by atoms with Crippen LogP contribution in [0.5, 0.6) is 0 Å². The highest BCUT2D eigenvalue weighted by Gasteiger charge is 2.14. The molecule has 0 aliphatic heterocycles. The third kappa shape index (κ3) is 5.33. The first-order chi connectivity index (χ1) is 13.5. The summed E-state index contributed by atoms with van der Waals surface area (Å²) in [5.74, 6) is 0.781. The van der Waals surface area contributed by atoms with E-state index in [0.717, 1.165) is 22.5 Å². The summed E-state index contributed by atoms with van der Waals surface area (Å²) < 4.78 is 10.6. The van der Waals surface area contributed by atoms with Crippen LogP contribution in [0.25, 0.3) is 11.1 Å². The predicted octanol–water partition coefficient (Wildman–Crippen LogP) is 4.00. The van der Waals surface area contributed by atoms with Gasteiger partial charge in [-0.1, -0.05) is 54.6 Å². The molecule has 0 aliphatic rings. The van der Waals surface area contributed by atoms with Crippen LogP contribution in [-0.2, 0) is 27.3 Å². The molecule has 0 saturated heterocycles. The molecule has 0 saturated carbocycles. The van der Waals surface area contributed by atoms with Crippen LogP contribution in [0.1, 0.15) is 17.1 Å². The van der Waals surface area contributed by atoms with E-state index in [4.69, 9.17) is 9.15 Å². The van der Waals surface area contributed by atoms with E-state index in [9.17, 15) is 9.59 Å². The summed E-state index contributed by atoms with van der Waals surface area (Å²) >= 11 is 0. The summed E-state index contributed by atoms with van der Waals surface area (Å²) in [5.41, 5.74) is 3.05. The maximum atomic E-state index is 12.1. The normalized spacial score (nSPS) is 10.5. The van der Waals surface area contributed by atoms with Gasteiger partial charge in [0.05, 0.1) is 13.0 Å².